The lowest BCUT2D eigenvalue weighted by Crippen LogP contribution is -2.04. The first kappa shape index (κ1) is 15.6. The minimum atomic E-state index is 0.624. The second-order valence-electron chi connectivity index (χ2n) is 5.12. The van der Waals surface area contributed by atoms with Gasteiger partial charge in [0, 0.05) is 16.9 Å². The molecule has 118 valence electrons. The van der Waals surface area contributed by atoms with Gasteiger partial charge < -0.3 is 10.1 Å². The van der Waals surface area contributed by atoms with Crippen LogP contribution >= 0.6 is 15.9 Å². The normalized spacial score (nSPS) is 10.6. The molecule has 0 fully saturated rings. The van der Waals surface area contributed by atoms with Crippen molar-refractivity contribution in [3.05, 3.63) is 64.5 Å². The number of rotatable bonds is 5. The van der Waals surface area contributed by atoms with E-state index >= 15 is 0 Å². The molecule has 0 atom stereocenters. The topological polar surface area (TPSA) is 52.0 Å². The third-order valence-corrected chi connectivity index (χ3v) is 3.90. The Bertz CT molecular complexity index is 799. The number of aryl methyl sites for hydroxylation is 1. The molecule has 0 spiro atoms. The maximum Gasteiger partial charge on any atom is 0.129 e. The number of methoxy groups -OCH3 is 1. The zero-order valence-electron chi connectivity index (χ0n) is 13.0. The van der Waals surface area contributed by atoms with E-state index in [0.29, 0.717) is 6.54 Å². The minimum Gasteiger partial charge on any atom is -0.497 e. The number of nitrogens with one attached hydrogen (secondary N) is 1. The highest BCUT2D eigenvalue weighted by molar-refractivity contribution is 9.10. The van der Waals surface area contributed by atoms with Crippen molar-refractivity contribution in [2.75, 3.05) is 12.4 Å². The summed E-state index contributed by atoms with van der Waals surface area (Å²) in [7, 11) is 1.66. The third-order valence-electron chi connectivity index (χ3n) is 3.46. The monoisotopic (exact) mass is 372 g/mol. The molecule has 0 amide bonds. The molecule has 0 aliphatic rings. The number of pyridine rings is 1. The van der Waals surface area contributed by atoms with E-state index in [9.17, 15) is 0 Å². The van der Waals surface area contributed by atoms with E-state index in [4.69, 9.17) is 4.74 Å². The number of benzene rings is 1. The van der Waals surface area contributed by atoms with Crippen molar-refractivity contribution >= 4 is 21.7 Å². The zero-order valence-corrected chi connectivity index (χ0v) is 14.5. The van der Waals surface area contributed by atoms with E-state index in [0.717, 1.165) is 33.0 Å². The first-order valence-electron chi connectivity index (χ1n) is 7.21. The molecule has 3 aromatic rings. The quantitative estimate of drug-likeness (QED) is 0.736. The molecular formula is C17H17BrN4O. The Balaban J connectivity index is 1.69. The Morgan fingerprint density at radius 1 is 1.22 bits per heavy atom. The highest BCUT2D eigenvalue weighted by Crippen LogP contribution is 2.18. The largest absolute Gasteiger partial charge is 0.497 e. The zero-order chi connectivity index (χ0) is 16.2. The summed E-state index contributed by atoms with van der Waals surface area (Å²) in [6.07, 6.45) is 3.73. The van der Waals surface area contributed by atoms with E-state index in [1.807, 2.05) is 54.2 Å². The maximum atomic E-state index is 5.17. The highest BCUT2D eigenvalue weighted by atomic mass is 79.9. The fourth-order valence-corrected chi connectivity index (χ4v) is 2.68. The van der Waals surface area contributed by atoms with E-state index in [2.05, 4.69) is 31.3 Å². The lowest BCUT2D eigenvalue weighted by molar-refractivity contribution is 0.414. The van der Waals surface area contributed by atoms with Crippen molar-refractivity contribution in [1.82, 2.24) is 14.8 Å². The van der Waals surface area contributed by atoms with Crippen molar-refractivity contribution < 1.29 is 4.74 Å². The number of anilines is 1. The summed E-state index contributed by atoms with van der Waals surface area (Å²) in [4.78, 5) is 4.37. The maximum absolute atomic E-state index is 5.17. The molecule has 0 bridgehead atoms. The fourth-order valence-electron chi connectivity index (χ4n) is 2.23. The Kier molecular flexibility index (Phi) is 4.62. The summed E-state index contributed by atoms with van der Waals surface area (Å²) in [5.74, 6) is 1.70. The van der Waals surface area contributed by atoms with Crippen LogP contribution in [0.15, 0.2) is 53.3 Å². The third kappa shape index (κ3) is 3.71. The van der Waals surface area contributed by atoms with Gasteiger partial charge in [-0.3, -0.25) is 0 Å². The van der Waals surface area contributed by atoms with Gasteiger partial charge in [-0.25, -0.2) is 9.67 Å². The fraction of sp³-hybridized carbons (Fsp3) is 0.176. The van der Waals surface area contributed by atoms with Crippen LogP contribution in [0.25, 0.3) is 5.69 Å². The Morgan fingerprint density at radius 3 is 2.70 bits per heavy atom. The van der Waals surface area contributed by atoms with Crippen LogP contribution in [0.3, 0.4) is 0 Å². The van der Waals surface area contributed by atoms with Crippen molar-refractivity contribution in [2.45, 2.75) is 13.5 Å². The van der Waals surface area contributed by atoms with E-state index in [1.54, 1.807) is 13.3 Å². The number of aromatic nitrogens is 3. The van der Waals surface area contributed by atoms with Gasteiger partial charge in [0.05, 0.1) is 25.0 Å². The second kappa shape index (κ2) is 6.83. The number of ether oxygens (including phenoxy) is 1. The smallest absolute Gasteiger partial charge is 0.129 e. The number of halogens is 1. The van der Waals surface area contributed by atoms with E-state index in [1.165, 1.54) is 0 Å². The second-order valence-corrected chi connectivity index (χ2v) is 6.04. The summed E-state index contributed by atoms with van der Waals surface area (Å²) in [6.45, 7) is 2.65. The van der Waals surface area contributed by atoms with Crippen LogP contribution in [0.2, 0.25) is 0 Å². The van der Waals surface area contributed by atoms with Crippen molar-refractivity contribution in [3.63, 3.8) is 0 Å². The van der Waals surface area contributed by atoms with Gasteiger partial charge in [0.15, 0.2) is 0 Å². The number of hydrogen-bond donors (Lipinski definition) is 1. The Hall–Kier alpha value is -2.34. The van der Waals surface area contributed by atoms with Crippen molar-refractivity contribution in [2.24, 2.45) is 0 Å². The van der Waals surface area contributed by atoms with Gasteiger partial charge in [-0.2, -0.15) is 5.10 Å². The highest BCUT2D eigenvalue weighted by Gasteiger charge is 2.04. The van der Waals surface area contributed by atoms with E-state index in [-0.39, 0.29) is 0 Å². The average molecular weight is 373 g/mol. The van der Waals surface area contributed by atoms with Crippen LogP contribution in [-0.2, 0) is 6.54 Å². The minimum absolute atomic E-state index is 0.624. The van der Waals surface area contributed by atoms with Gasteiger partial charge in [-0.15, -0.1) is 0 Å². The summed E-state index contributed by atoms with van der Waals surface area (Å²) >= 11 is 3.42. The van der Waals surface area contributed by atoms with Crippen molar-refractivity contribution in [3.8, 4) is 11.4 Å². The number of nitrogens with zero attached hydrogens (tertiary/aromatic N) is 3. The van der Waals surface area contributed by atoms with E-state index < -0.39 is 0 Å². The first-order chi connectivity index (χ1) is 11.2. The molecule has 0 aliphatic heterocycles. The molecule has 0 radical (unpaired) electrons. The Morgan fingerprint density at radius 2 is 2.00 bits per heavy atom. The molecule has 0 unspecified atom stereocenters. The lowest BCUT2D eigenvalue weighted by atomic mass is 10.3. The molecule has 5 nitrogen and oxygen atoms in total. The lowest BCUT2D eigenvalue weighted by Gasteiger charge is -2.07. The SMILES string of the molecule is COc1ccc(-n2ccc(CNc3ncc(Br)cc3C)n2)cc1. The molecule has 2 aromatic heterocycles. The summed E-state index contributed by atoms with van der Waals surface area (Å²) < 4.78 is 7.99. The van der Waals surface area contributed by atoms with Gasteiger partial charge >= 0.3 is 0 Å². The molecule has 0 saturated carbocycles. The summed E-state index contributed by atoms with van der Waals surface area (Å²) in [5, 5.41) is 7.89. The van der Waals surface area contributed by atoms with Crippen molar-refractivity contribution in [1.29, 1.82) is 0 Å². The Labute approximate surface area is 143 Å². The summed E-state index contributed by atoms with van der Waals surface area (Å²) in [5.41, 5.74) is 3.04. The van der Waals surface area contributed by atoms with Gasteiger partial charge in [-0.05, 0) is 64.8 Å². The molecule has 1 N–H and O–H groups in total. The molecule has 0 saturated heterocycles. The first-order valence-corrected chi connectivity index (χ1v) is 8.00. The van der Waals surface area contributed by atoms with Crippen LogP contribution < -0.4 is 10.1 Å². The van der Waals surface area contributed by atoms with Crippen LogP contribution in [0.1, 0.15) is 11.3 Å². The van der Waals surface area contributed by atoms with Crippen LogP contribution in [-0.4, -0.2) is 21.9 Å². The van der Waals surface area contributed by atoms with Gasteiger partial charge in [-0.1, -0.05) is 0 Å². The molecule has 6 heteroatoms. The molecule has 2 heterocycles. The van der Waals surface area contributed by atoms with Gasteiger partial charge in [0.2, 0.25) is 0 Å². The molecule has 3 rings (SSSR count). The molecular weight excluding hydrogens is 356 g/mol. The van der Waals surface area contributed by atoms with Gasteiger partial charge in [0.1, 0.15) is 11.6 Å². The van der Waals surface area contributed by atoms with Crippen LogP contribution in [0.5, 0.6) is 5.75 Å². The van der Waals surface area contributed by atoms with Crippen LogP contribution in [0, 0.1) is 6.92 Å². The predicted molar refractivity (Wildman–Crippen MR) is 94.1 cm³/mol. The molecule has 0 aliphatic carbocycles. The standard InChI is InChI=1S/C17H17BrN4O/c1-12-9-13(18)10-19-17(12)20-11-14-7-8-22(21-14)15-3-5-16(23-2)6-4-15/h3-10H,11H2,1-2H3,(H,19,20). The predicted octanol–water partition coefficient (Wildman–Crippen LogP) is 3.96. The number of hydrogen-bond acceptors (Lipinski definition) is 4. The van der Waals surface area contributed by atoms with Gasteiger partial charge in [0.25, 0.3) is 0 Å². The summed E-state index contributed by atoms with van der Waals surface area (Å²) in [6, 6.07) is 11.8. The molecule has 23 heavy (non-hydrogen) atoms. The average Bonchev–Trinajstić information content (AvgIpc) is 3.03. The van der Waals surface area contributed by atoms with Crippen LogP contribution in [0.4, 0.5) is 5.82 Å². The molecule has 1 aromatic carbocycles.